The molecule has 0 aliphatic rings. The third-order valence-corrected chi connectivity index (χ3v) is 1.97. The summed E-state index contributed by atoms with van der Waals surface area (Å²) in [7, 11) is 3.74. The molecular formula is C11H14F2N2O. The monoisotopic (exact) mass is 228 g/mol. The van der Waals surface area contributed by atoms with Gasteiger partial charge in [0.2, 0.25) is 0 Å². The van der Waals surface area contributed by atoms with Crippen LogP contribution in [0, 0.1) is 11.6 Å². The predicted molar refractivity (Wildman–Crippen MR) is 57.2 cm³/mol. The Morgan fingerprint density at radius 3 is 2.31 bits per heavy atom. The Hall–Kier alpha value is -1.49. The summed E-state index contributed by atoms with van der Waals surface area (Å²) in [5.41, 5.74) is -0.00347. The van der Waals surface area contributed by atoms with Crippen LogP contribution in [0.5, 0.6) is 0 Å². The molecule has 1 rings (SSSR count). The van der Waals surface area contributed by atoms with Crippen LogP contribution in [0.1, 0.15) is 10.4 Å². The molecule has 3 nitrogen and oxygen atoms in total. The van der Waals surface area contributed by atoms with Gasteiger partial charge in [-0.15, -0.1) is 0 Å². The van der Waals surface area contributed by atoms with E-state index in [0.29, 0.717) is 13.1 Å². The smallest absolute Gasteiger partial charge is 0.251 e. The van der Waals surface area contributed by atoms with E-state index in [1.165, 1.54) is 0 Å². The zero-order valence-corrected chi connectivity index (χ0v) is 9.26. The van der Waals surface area contributed by atoms with Gasteiger partial charge >= 0.3 is 0 Å². The number of likely N-dealkylation sites (N-methyl/N-ethyl adjacent to an activating group) is 1. The van der Waals surface area contributed by atoms with Crippen LogP contribution in [-0.2, 0) is 0 Å². The average molecular weight is 228 g/mol. The number of nitrogens with zero attached hydrogens (tertiary/aromatic N) is 1. The second kappa shape index (κ2) is 5.55. The van der Waals surface area contributed by atoms with E-state index in [9.17, 15) is 13.6 Å². The van der Waals surface area contributed by atoms with E-state index < -0.39 is 17.5 Å². The lowest BCUT2D eigenvalue weighted by atomic mass is 10.2. The Morgan fingerprint density at radius 2 is 1.81 bits per heavy atom. The molecule has 0 saturated heterocycles. The van der Waals surface area contributed by atoms with E-state index >= 15 is 0 Å². The average Bonchev–Trinajstić information content (AvgIpc) is 2.15. The first-order valence-corrected chi connectivity index (χ1v) is 4.88. The van der Waals surface area contributed by atoms with Crippen molar-refractivity contribution in [2.45, 2.75) is 0 Å². The van der Waals surface area contributed by atoms with Crippen LogP contribution in [0.15, 0.2) is 18.2 Å². The fraction of sp³-hybridized carbons (Fsp3) is 0.364. The molecule has 0 spiro atoms. The van der Waals surface area contributed by atoms with Crippen molar-refractivity contribution in [3.63, 3.8) is 0 Å². The predicted octanol–water partition coefficient (Wildman–Crippen LogP) is 1.26. The summed E-state index contributed by atoms with van der Waals surface area (Å²) in [6, 6.07) is 2.75. The second-order valence-electron chi connectivity index (χ2n) is 3.72. The highest BCUT2D eigenvalue weighted by molar-refractivity contribution is 5.94. The van der Waals surface area contributed by atoms with Gasteiger partial charge in [0.05, 0.1) is 0 Å². The number of hydrogen-bond donors (Lipinski definition) is 1. The summed E-state index contributed by atoms with van der Waals surface area (Å²) in [6.07, 6.45) is 0. The van der Waals surface area contributed by atoms with Gasteiger partial charge in [-0.05, 0) is 26.2 Å². The van der Waals surface area contributed by atoms with E-state index in [-0.39, 0.29) is 5.56 Å². The van der Waals surface area contributed by atoms with Crippen LogP contribution in [-0.4, -0.2) is 38.0 Å². The number of rotatable bonds is 4. The number of halogens is 2. The Labute approximate surface area is 93.1 Å². The molecule has 0 bridgehead atoms. The first-order valence-electron chi connectivity index (χ1n) is 4.88. The van der Waals surface area contributed by atoms with Crippen molar-refractivity contribution in [1.29, 1.82) is 0 Å². The summed E-state index contributed by atoms with van der Waals surface area (Å²) in [6.45, 7) is 1.10. The van der Waals surface area contributed by atoms with Crippen LogP contribution in [0.2, 0.25) is 0 Å². The maximum atomic E-state index is 12.8. The first kappa shape index (κ1) is 12.6. The van der Waals surface area contributed by atoms with Crippen molar-refractivity contribution >= 4 is 5.91 Å². The maximum absolute atomic E-state index is 12.8. The Balaban J connectivity index is 2.59. The van der Waals surface area contributed by atoms with Gasteiger partial charge in [0.25, 0.3) is 5.91 Å². The molecule has 0 atom stereocenters. The SMILES string of the molecule is CN(C)CCNC(=O)c1cc(F)cc(F)c1. The standard InChI is InChI=1S/C11H14F2N2O/c1-15(2)4-3-14-11(16)8-5-9(12)7-10(13)6-8/h5-7H,3-4H2,1-2H3,(H,14,16). The van der Waals surface area contributed by atoms with Crippen LogP contribution < -0.4 is 5.32 Å². The van der Waals surface area contributed by atoms with Gasteiger partial charge in [0.1, 0.15) is 11.6 Å². The van der Waals surface area contributed by atoms with Gasteiger partial charge in [-0.25, -0.2) is 8.78 Å². The molecule has 0 heterocycles. The van der Waals surface area contributed by atoms with Gasteiger partial charge in [0.15, 0.2) is 0 Å². The summed E-state index contributed by atoms with van der Waals surface area (Å²) in [5.74, 6) is -1.98. The normalized spacial score (nSPS) is 10.6. The molecule has 0 unspecified atom stereocenters. The highest BCUT2D eigenvalue weighted by Crippen LogP contribution is 2.07. The van der Waals surface area contributed by atoms with E-state index in [1.54, 1.807) is 0 Å². The lowest BCUT2D eigenvalue weighted by Crippen LogP contribution is -2.31. The molecule has 5 heteroatoms. The lowest BCUT2D eigenvalue weighted by molar-refractivity contribution is 0.0950. The van der Waals surface area contributed by atoms with E-state index in [1.807, 2.05) is 19.0 Å². The Kier molecular flexibility index (Phi) is 4.37. The molecular weight excluding hydrogens is 214 g/mol. The van der Waals surface area contributed by atoms with E-state index in [4.69, 9.17) is 0 Å². The number of hydrogen-bond acceptors (Lipinski definition) is 2. The summed E-state index contributed by atoms with van der Waals surface area (Å²) < 4.78 is 25.6. The topological polar surface area (TPSA) is 32.3 Å². The number of nitrogens with one attached hydrogen (secondary N) is 1. The van der Waals surface area contributed by atoms with E-state index in [0.717, 1.165) is 18.2 Å². The number of carbonyl (C=O) groups is 1. The molecule has 0 aromatic heterocycles. The van der Waals surface area contributed by atoms with Crippen molar-refractivity contribution in [2.24, 2.45) is 0 Å². The van der Waals surface area contributed by atoms with Gasteiger partial charge in [-0.2, -0.15) is 0 Å². The molecule has 1 N–H and O–H groups in total. The molecule has 0 fully saturated rings. The quantitative estimate of drug-likeness (QED) is 0.841. The molecule has 0 saturated carbocycles. The summed E-state index contributed by atoms with van der Waals surface area (Å²) in [4.78, 5) is 13.4. The number of benzene rings is 1. The third-order valence-electron chi connectivity index (χ3n) is 1.97. The molecule has 16 heavy (non-hydrogen) atoms. The highest BCUT2D eigenvalue weighted by Gasteiger charge is 2.08. The molecule has 1 amide bonds. The molecule has 1 aromatic rings. The van der Waals surface area contributed by atoms with Gasteiger partial charge in [0, 0.05) is 24.7 Å². The highest BCUT2D eigenvalue weighted by atomic mass is 19.1. The molecule has 1 aromatic carbocycles. The summed E-state index contributed by atoms with van der Waals surface area (Å²) in [5, 5.41) is 2.57. The minimum atomic E-state index is -0.752. The van der Waals surface area contributed by atoms with Gasteiger partial charge < -0.3 is 10.2 Å². The van der Waals surface area contributed by atoms with Gasteiger partial charge in [-0.3, -0.25) is 4.79 Å². The Morgan fingerprint density at radius 1 is 1.25 bits per heavy atom. The van der Waals surface area contributed by atoms with Crippen LogP contribution in [0.25, 0.3) is 0 Å². The minimum absolute atomic E-state index is 0.00347. The van der Waals surface area contributed by atoms with Crippen LogP contribution in [0.3, 0.4) is 0 Å². The fourth-order valence-corrected chi connectivity index (χ4v) is 1.18. The number of amides is 1. The van der Waals surface area contributed by atoms with Crippen molar-refractivity contribution in [3.8, 4) is 0 Å². The van der Waals surface area contributed by atoms with Gasteiger partial charge in [-0.1, -0.05) is 0 Å². The molecule has 0 aliphatic carbocycles. The summed E-state index contributed by atoms with van der Waals surface area (Å²) >= 11 is 0. The minimum Gasteiger partial charge on any atom is -0.351 e. The van der Waals surface area contributed by atoms with Crippen molar-refractivity contribution in [3.05, 3.63) is 35.4 Å². The van der Waals surface area contributed by atoms with Crippen molar-refractivity contribution in [2.75, 3.05) is 27.2 Å². The molecule has 0 radical (unpaired) electrons. The Bertz CT molecular complexity index is 360. The third kappa shape index (κ3) is 3.94. The lowest BCUT2D eigenvalue weighted by Gasteiger charge is -2.10. The second-order valence-corrected chi connectivity index (χ2v) is 3.72. The van der Waals surface area contributed by atoms with Crippen molar-refractivity contribution in [1.82, 2.24) is 10.2 Å². The zero-order valence-electron chi connectivity index (χ0n) is 9.26. The number of carbonyl (C=O) groups excluding carboxylic acids is 1. The zero-order chi connectivity index (χ0) is 12.1. The van der Waals surface area contributed by atoms with Crippen molar-refractivity contribution < 1.29 is 13.6 Å². The van der Waals surface area contributed by atoms with Crippen LogP contribution in [0.4, 0.5) is 8.78 Å². The molecule has 0 aliphatic heterocycles. The first-order chi connectivity index (χ1) is 7.49. The maximum Gasteiger partial charge on any atom is 0.251 e. The largest absolute Gasteiger partial charge is 0.351 e. The fourth-order valence-electron chi connectivity index (χ4n) is 1.18. The van der Waals surface area contributed by atoms with Crippen LogP contribution >= 0.6 is 0 Å². The van der Waals surface area contributed by atoms with E-state index in [2.05, 4.69) is 5.32 Å². The molecule has 88 valence electrons.